The second-order valence-corrected chi connectivity index (χ2v) is 3.35. The predicted molar refractivity (Wildman–Crippen MR) is 46.4 cm³/mol. The first-order valence-electron chi connectivity index (χ1n) is 4.52. The molecule has 62 valence electrons. The largest absolute Gasteiger partial charge is 0.337 e. The lowest BCUT2D eigenvalue weighted by Crippen LogP contribution is -3.10. The molecule has 0 radical (unpaired) electrons. The van der Waals surface area contributed by atoms with Gasteiger partial charge in [0.15, 0.2) is 0 Å². The zero-order chi connectivity index (χ0) is 7.98. The maximum absolute atomic E-state index is 2.27. The molecule has 0 aromatic carbocycles. The van der Waals surface area contributed by atoms with E-state index in [0.29, 0.717) is 0 Å². The van der Waals surface area contributed by atoms with Crippen LogP contribution in [0.25, 0.3) is 0 Å². The summed E-state index contributed by atoms with van der Waals surface area (Å²) < 4.78 is 0. The lowest BCUT2D eigenvalue weighted by atomic mass is 10.1. The van der Waals surface area contributed by atoms with Crippen LogP contribution in [-0.4, -0.2) is 20.1 Å². The van der Waals surface area contributed by atoms with Gasteiger partial charge in [-0.25, -0.2) is 0 Å². The van der Waals surface area contributed by atoms with Gasteiger partial charge in [-0.1, -0.05) is 26.7 Å². The Balaban J connectivity index is 3.50. The van der Waals surface area contributed by atoms with E-state index in [1.165, 1.54) is 25.7 Å². The Hall–Kier alpha value is -0.0400. The van der Waals surface area contributed by atoms with E-state index < -0.39 is 0 Å². The molecular weight excluding hydrogens is 122 g/mol. The molecular formula is C9H22N+. The highest BCUT2D eigenvalue weighted by atomic mass is 15.1. The van der Waals surface area contributed by atoms with E-state index >= 15 is 0 Å². The quantitative estimate of drug-likeness (QED) is 0.589. The number of rotatable bonds is 5. The lowest BCUT2D eigenvalue weighted by Gasteiger charge is -2.19. The zero-order valence-electron chi connectivity index (χ0n) is 7.91. The molecule has 0 spiro atoms. The van der Waals surface area contributed by atoms with Crippen molar-refractivity contribution < 1.29 is 4.90 Å². The van der Waals surface area contributed by atoms with Gasteiger partial charge in [-0.05, 0) is 12.8 Å². The van der Waals surface area contributed by atoms with Gasteiger partial charge in [-0.3, -0.25) is 0 Å². The van der Waals surface area contributed by atoms with Gasteiger partial charge in [-0.2, -0.15) is 0 Å². The van der Waals surface area contributed by atoms with Crippen LogP contribution in [-0.2, 0) is 0 Å². The van der Waals surface area contributed by atoms with Crippen LogP contribution in [0.3, 0.4) is 0 Å². The van der Waals surface area contributed by atoms with Crippen molar-refractivity contribution in [1.29, 1.82) is 0 Å². The minimum atomic E-state index is 0.898. The smallest absolute Gasteiger partial charge is 0.0870 e. The van der Waals surface area contributed by atoms with Crippen molar-refractivity contribution in [3.8, 4) is 0 Å². The van der Waals surface area contributed by atoms with Gasteiger partial charge in [0.25, 0.3) is 0 Å². The summed E-state index contributed by atoms with van der Waals surface area (Å²) in [7, 11) is 4.52. The van der Waals surface area contributed by atoms with Crippen LogP contribution in [0.4, 0.5) is 0 Å². The fourth-order valence-electron chi connectivity index (χ4n) is 1.42. The van der Waals surface area contributed by atoms with E-state index in [1.807, 2.05) is 0 Å². The number of hydrogen-bond donors (Lipinski definition) is 1. The highest BCUT2D eigenvalue weighted by molar-refractivity contribution is 4.52. The third-order valence-electron chi connectivity index (χ3n) is 2.09. The van der Waals surface area contributed by atoms with Gasteiger partial charge in [0.1, 0.15) is 0 Å². The molecule has 0 fully saturated rings. The molecule has 0 atom stereocenters. The fraction of sp³-hybridized carbons (Fsp3) is 1.00. The third-order valence-corrected chi connectivity index (χ3v) is 2.09. The molecule has 1 N–H and O–H groups in total. The number of nitrogens with one attached hydrogen (secondary N) is 1. The second-order valence-electron chi connectivity index (χ2n) is 3.35. The van der Waals surface area contributed by atoms with E-state index in [-0.39, 0.29) is 0 Å². The van der Waals surface area contributed by atoms with Crippen LogP contribution in [0.15, 0.2) is 0 Å². The second kappa shape index (κ2) is 5.72. The van der Waals surface area contributed by atoms with Crippen molar-refractivity contribution in [2.75, 3.05) is 14.1 Å². The van der Waals surface area contributed by atoms with Gasteiger partial charge in [0.05, 0.1) is 20.1 Å². The van der Waals surface area contributed by atoms with Crippen LogP contribution in [0.2, 0.25) is 0 Å². The maximum atomic E-state index is 2.27. The van der Waals surface area contributed by atoms with Gasteiger partial charge in [-0.15, -0.1) is 0 Å². The standard InChI is InChI=1S/C9H21N/c1-5-7-9(8-6-2)10(3)4/h9H,5-8H2,1-4H3/p+1. The first-order chi connectivity index (χ1) is 4.72. The summed E-state index contributed by atoms with van der Waals surface area (Å²) in [6, 6.07) is 0.898. The van der Waals surface area contributed by atoms with Gasteiger partial charge in [0.2, 0.25) is 0 Å². The molecule has 10 heavy (non-hydrogen) atoms. The van der Waals surface area contributed by atoms with Gasteiger partial charge in [0, 0.05) is 0 Å². The van der Waals surface area contributed by atoms with Crippen molar-refractivity contribution in [1.82, 2.24) is 0 Å². The average molecular weight is 144 g/mol. The molecule has 0 aliphatic carbocycles. The molecule has 0 amide bonds. The molecule has 0 aliphatic heterocycles. The molecule has 0 bridgehead atoms. The summed E-state index contributed by atoms with van der Waals surface area (Å²) >= 11 is 0. The maximum Gasteiger partial charge on any atom is 0.0870 e. The van der Waals surface area contributed by atoms with Crippen LogP contribution in [0.5, 0.6) is 0 Å². The molecule has 1 nitrogen and oxygen atoms in total. The zero-order valence-corrected chi connectivity index (χ0v) is 7.91. The van der Waals surface area contributed by atoms with Crippen LogP contribution >= 0.6 is 0 Å². The van der Waals surface area contributed by atoms with Crippen LogP contribution in [0, 0.1) is 0 Å². The minimum absolute atomic E-state index is 0.898. The molecule has 0 heterocycles. The Morgan fingerprint density at radius 3 is 1.60 bits per heavy atom. The monoisotopic (exact) mass is 144 g/mol. The van der Waals surface area contributed by atoms with E-state index in [9.17, 15) is 0 Å². The molecule has 0 saturated heterocycles. The van der Waals surface area contributed by atoms with Crippen LogP contribution in [0.1, 0.15) is 39.5 Å². The molecule has 0 rings (SSSR count). The van der Waals surface area contributed by atoms with E-state index in [4.69, 9.17) is 0 Å². The number of quaternary nitrogens is 1. The summed E-state index contributed by atoms with van der Waals surface area (Å²) in [4.78, 5) is 1.61. The molecule has 0 aromatic rings. The highest BCUT2D eigenvalue weighted by Crippen LogP contribution is 1.99. The third kappa shape index (κ3) is 3.89. The Bertz CT molecular complexity index is 63.1. The number of hydrogen-bond acceptors (Lipinski definition) is 0. The molecule has 0 unspecified atom stereocenters. The Labute approximate surface area is 65.4 Å². The normalized spacial score (nSPS) is 11.4. The van der Waals surface area contributed by atoms with Crippen molar-refractivity contribution in [2.24, 2.45) is 0 Å². The predicted octanol–water partition coefficient (Wildman–Crippen LogP) is 1.10. The first-order valence-corrected chi connectivity index (χ1v) is 4.52. The van der Waals surface area contributed by atoms with Gasteiger partial charge < -0.3 is 4.90 Å². The van der Waals surface area contributed by atoms with E-state index in [0.717, 1.165) is 6.04 Å². The Morgan fingerprint density at radius 2 is 1.40 bits per heavy atom. The Kier molecular flexibility index (Phi) is 5.70. The molecule has 0 saturated carbocycles. The Morgan fingerprint density at radius 1 is 1.00 bits per heavy atom. The summed E-state index contributed by atoms with van der Waals surface area (Å²) in [5.41, 5.74) is 0. The molecule has 0 aromatic heterocycles. The van der Waals surface area contributed by atoms with Crippen molar-refractivity contribution >= 4 is 0 Å². The summed E-state index contributed by atoms with van der Waals surface area (Å²) in [5, 5.41) is 0. The summed E-state index contributed by atoms with van der Waals surface area (Å²) in [6.45, 7) is 4.54. The minimum Gasteiger partial charge on any atom is -0.337 e. The molecule has 0 aliphatic rings. The van der Waals surface area contributed by atoms with Crippen molar-refractivity contribution in [3.63, 3.8) is 0 Å². The van der Waals surface area contributed by atoms with E-state index in [2.05, 4.69) is 27.9 Å². The van der Waals surface area contributed by atoms with Crippen LogP contribution < -0.4 is 4.90 Å². The van der Waals surface area contributed by atoms with Crippen molar-refractivity contribution in [2.45, 2.75) is 45.6 Å². The summed E-state index contributed by atoms with van der Waals surface area (Å²) in [6.07, 6.45) is 5.43. The lowest BCUT2D eigenvalue weighted by molar-refractivity contribution is -0.886. The fourth-order valence-corrected chi connectivity index (χ4v) is 1.42. The SMILES string of the molecule is CCCC(CCC)[NH+](C)C. The van der Waals surface area contributed by atoms with E-state index in [1.54, 1.807) is 4.90 Å². The van der Waals surface area contributed by atoms with Gasteiger partial charge >= 0.3 is 0 Å². The summed E-state index contributed by atoms with van der Waals surface area (Å²) in [5.74, 6) is 0. The highest BCUT2D eigenvalue weighted by Gasteiger charge is 2.10. The topological polar surface area (TPSA) is 4.44 Å². The first kappa shape index (κ1) is 9.96. The molecule has 1 heteroatoms. The average Bonchev–Trinajstić information content (AvgIpc) is 1.87. The van der Waals surface area contributed by atoms with Crippen molar-refractivity contribution in [3.05, 3.63) is 0 Å².